The van der Waals surface area contributed by atoms with Crippen molar-refractivity contribution >= 4 is 11.7 Å². The van der Waals surface area contributed by atoms with Gasteiger partial charge in [0.15, 0.2) is 0 Å². The smallest absolute Gasteiger partial charge is 0.256 e. The molecule has 1 aromatic carbocycles. The minimum absolute atomic E-state index is 0.0339. The second kappa shape index (κ2) is 7.22. The molecule has 1 heterocycles. The number of aliphatic hydroxyl groups is 1. The van der Waals surface area contributed by atoms with Crippen LogP contribution < -0.4 is 5.32 Å². The summed E-state index contributed by atoms with van der Waals surface area (Å²) in [4.78, 5) is 16.3. The van der Waals surface area contributed by atoms with Crippen LogP contribution in [0.1, 0.15) is 27.9 Å². The van der Waals surface area contributed by atoms with E-state index in [2.05, 4.69) is 22.1 Å². The molecule has 21 heavy (non-hydrogen) atoms. The van der Waals surface area contributed by atoms with Crippen molar-refractivity contribution < 1.29 is 9.90 Å². The minimum Gasteiger partial charge on any atom is -0.395 e. The number of hydrogen-bond acceptors (Lipinski definition) is 3. The van der Waals surface area contributed by atoms with Gasteiger partial charge in [-0.1, -0.05) is 24.0 Å². The van der Waals surface area contributed by atoms with Gasteiger partial charge in [-0.15, -0.1) is 0 Å². The first kappa shape index (κ1) is 14.8. The van der Waals surface area contributed by atoms with E-state index >= 15 is 0 Å². The first-order valence-corrected chi connectivity index (χ1v) is 6.63. The average molecular weight is 280 g/mol. The van der Waals surface area contributed by atoms with Crippen LogP contribution in [0.15, 0.2) is 42.6 Å². The molecule has 0 aliphatic carbocycles. The van der Waals surface area contributed by atoms with Crippen LogP contribution >= 0.6 is 0 Å². The van der Waals surface area contributed by atoms with Crippen molar-refractivity contribution in [1.82, 2.24) is 4.98 Å². The van der Waals surface area contributed by atoms with Gasteiger partial charge in [-0.05, 0) is 36.8 Å². The Hall–Kier alpha value is -2.64. The second-order valence-electron chi connectivity index (χ2n) is 4.48. The molecule has 0 spiro atoms. The van der Waals surface area contributed by atoms with Crippen LogP contribution in [0.4, 0.5) is 5.82 Å². The highest BCUT2D eigenvalue weighted by Gasteiger charge is 2.08. The number of amides is 1. The Morgan fingerprint density at radius 1 is 1.33 bits per heavy atom. The highest BCUT2D eigenvalue weighted by Crippen LogP contribution is 2.12. The van der Waals surface area contributed by atoms with Crippen molar-refractivity contribution in [3.8, 4) is 11.8 Å². The predicted molar refractivity (Wildman–Crippen MR) is 82.0 cm³/mol. The lowest BCUT2D eigenvalue weighted by molar-refractivity contribution is 0.102. The summed E-state index contributed by atoms with van der Waals surface area (Å²) in [7, 11) is 0. The molecule has 0 aliphatic heterocycles. The van der Waals surface area contributed by atoms with Crippen LogP contribution in [-0.2, 0) is 0 Å². The first-order valence-electron chi connectivity index (χ1n) is 6.63. The molecule has 0 unspecified atom stereocenters. The lowest BCUT2D eigenvalue weighted by Crippen LogP contribution is -2.13. The second-order valence-corrected chi connectivity index (χ2v) is 4.48. The van der Waals surface area contributed by atoms with Crippen LogP contribution in [0.5, 0.6) is 0 Å². The highest BCUT2D eigenvalue weighted by molar-refractivity contribution is 6.04. The maximum absolute atomic E-state index is 12.2. The topological polar surface area (TPSA) is 62.2 Å². The first-order chi connectivity index (χ1) is 10.2. The largest absolute Gasteiger partial charge is 0.395 e. The fourth-order valence-electron chi connectivity index (χ4n) is 1.75. The molecule has 2 rings (SSSR count). The summed E-state index contributed by atoms with van der Waals surface area (Å²) in [6.07, 6.45) is 2.06. The molecule has 0 atom stereocenters. The zero-order valence-corrected chi connectivity index (χ0v) is 11.8. The fraction of sp³-hybridized carbons (Fsp3) is 0.176. The van der Waals surface area contributed by atoms with Gasteiger partial charge in [0.05, 0.1) is 6.61 Å². The van der Waals surface area contributed by atoms with E-state index in [9.17, 15) is 4.79 Å². The standard InChI is InChI=1S/C17H16N2O2/c1-13-6-5-10-18-16(13)19-17(21)15-9-4-8-14(12-15)7-2-3-11-20/h4-6,8-10,12,20H,3,11H2,1H3,(H,18,19,21). The van der Waals surface area contributed by atoms with E-state index < -0.39 is 0 Å². The number of carbonyl (C=O) groups is 1. The molecule has 2 aromatic rings. The Balaban J connectivity index is 2.15. The Morgan fingerprint density at radius 3 is 2.95 bits per heavy atom. The summed E-state index contributed by atoms with van der Waals surface area (Å²) >= 11 is 0. The van der Waals surface area contributed by atoms with E-state index in [-0.39, 0.29) is 12.5 Å². The van der Waals surface area contributed by atoms with E-state index in [1.165, 1.54) is 0 Å². The lowest BCUT2D eigenvalue weighted by atomic mass is 10.1. The Morgan fingerprint density at radius 2 is 2.19 bits per heavy atom. The summed E-state index contributed by atoms with van der Waals surface area (Å²) in [5, 5.41) is 11.5. The summed E-state index contributed by atoms with van der Waals surface area (Å²) in [6, 6.07) is 10.8. The third-order valence-electron chi connectivity index (χ3n) is 2.84. The zero-order valence-electron chi connectivity index (χ0n) is 11.8. The molecule has 1 amide bonds. The lowest BCUT2D eigenvalue weighted by Gasteiger charge is -2.07. The number of rotatable bonds is 3. The molecule has 0 fully saturated rings. The molecule has 2 N–H and O–H groups in total. The molecule has 106 valence electrons. The van der Waals surface area contributed by atoms with Crippen molar-refractivity contribution in [1.29, 1.82) is 0 Å². The Labute approximate surface area is 123 Å². The fourth-order valence-corrected chi connectivity index (χ4v) is 1.75. The summed E-state index contributed by atoms with van der Waals surface area (Å²) in [5.41, 5.74) is 2.18. The molecule has 0 aliphatic rings. The molecule has 0 saturated heterocycles. The van der Waals surface area contributed by atoms with E-state index in [1.54, 1.807) is 24.4 Å². The van der Waals surface area contributed by atoms with Crippen molar-refractivity contribution in [3.05, 3.63) is 59.3 Å². The number of carbonyl (C=O) groups excluding carboxylic acids is 1. The monoisotopic (exact) mass is 280 g/mol. The van der Waals surface area contributed by atoms with Crippen LogP contribution in [0.25, 0.3) is 0 Å². The van der Waals surface area contributed by atoms with Gasteiger partial charge in [0.25, 0.3) is 5.91 Å². The van der Waals surface area contributed by atoms with Gasteiger partial charge in [-0.2, -0.15) is 0 Å². The van der Waals surface area contributed by atoms with Gasteiger partial charge in [0.1, 0.15) is 5.82 Å². The van der Waals surface area contributed by atoms with Crippen LogP contribution in [-0.4, -0.2) is 22.6 Å². The molecular formula is C17H16N2O2. The Kier molecular flexibility index (Phi) is 5.08. The highest BCUT2D eigenvalue weighted by atomic mass is 16.2. The van der Waals surface area contributed by atoms with Crippen molar-refractivity contribution in [2.45, 2.75) is 13.3 Å². The van der Waals surface area contributed by atoms with Crippen LogP contribution in [0.2, 0.25) is 0 Å². The quantitative estimate of drug-likeness (QED) is 0.849. The Bertz CT molecular complexity index is 699. The van der Waals surface area contributed by atoms with Crippen LogP contribution in [0, 0.1) is 18.8 Å². The van der Waals surface area contributed by atoms with Gasteiger partial charge in [-0.3, -0.25) is 4.79 Å². The molecule has 0 radical (unpaired) electrons. The summed E-state index contributed by atoms with van der Waals surface area (Å²) in [6.45, 7) is 1.92. The maximum atomic E-state index is 12.2. The molecule has 4 heteroatoms. The number of aryl methyl sites for hydroxylation is 1. The summed E-state index contributed by atoms with van der Waals surface area (Å²) < 4.78 is 0. The van der Waals surface area contributed by atoms with E-state index in [0.717, 1.165) is 11.1 Å². The number of anilines is 1. The van der Waals surface area contributed by atoms with Gasteiger partial charge in [0.2, 0.25) is 0 Å². The third-order valence-corrected chi connectivity index (χ3v) is 2.84. The molecule has 0 saturated carbocycles. The maximum Gasteiger partial charge on any atom is 0.256 e. The van der Waals surface area contributed by atoms with E-state index in [4.69, 9.17) is 5.11 Å². The molecular weight excluding hydrogens is 264 g/mol. The number of aromatic nitrogens is 1. The van der Waals surface area contributed by atoms with Crippen molar-refractivity contribution in [2.75, 3.05) is 11.9 Å². The van der Waals surface area contributed by atoms with Gasteiger partial charge in [0, 0.05) is 23.7 Å². The van der Waals surface area contributed by atoms with Gasteiger partial charge in [-0.25, -0.2) is 4.98 Å². The van der Waals surface area contributed by atoms with E-state index in [1.807, 2.05) is 25.1 Å². The number of aliphatic hydroxyl groups excluding tert-OH is 1. The number of benzene rings is 1. The number of nitrogens with one attached hydrogen (secondary N) is 1. The molecule has 1 aromatic heterocycles. The third kappa shape index (κ3) is 4.16. The predicted octanol–water partition coefficient (Wildman–Crippen LogP) is 2.38. The average Bonchev–Trinajstić information content (AvgIpc) is 2.50. The van der Waals surface area contributed by atoms with E-state index in [0.29, 0.717) is 17.8 Å². The van der Waals surface area contributed by atoms with Crippen molar-refractivity contribution in [2.24, 2.45) is 0 Å². The number of pyridine rings is 1. The van der Waals surface area contributed by atoms with Crippen LogP contribution in [0.3, 0.4) is 0 Å². The minimum atomic E-state index is -0.220. The van der Waals surface area contributed by atoms with Gasteiger partial charge < -0.3 is 10.4 Å². The molecule has 0 bridgehead atoms. The number of nitrogens with zero attached hydrogens (tertiary/aromatic N) is 1. The van der Waals surface area contributed by atoms with Gasteiger partial charge >= 0.3 is 0 Å². The molecule has 4 nitrogen and oxygen atoms in total. The number of hydrogen-bond donors (Lipinski definition) is 2. The normalized spacial score (nSPS) is 9.62. The zero-order chi connectivity index (χ0) is 15.1. The SMILES string of the molecule is Cc1cccnc1NC(=O)c1cccc(C#CCCO)c1. The van der Waals surface area contributed by atoms with Crippen molar-refractivity contribution in [3.63, 3.8) is 0 Å². The summed E-state index contributed by atoms with van der Waals surface area (Å²) in [5.74, 6) is 6.08.